The van der Waals surface area contributed by atoms with Crippen molar-refractivity contribution in [3.63, 3.8) is 0 Å². The second kappa shape index (κ2) is 8.97. The summed E-state index contributed by atoms with van der Waals surface area (Å²) in [4.78, 5) is 23.9. The molecule has 1 aliphatic heterocycles. The number of carbonyl (C=O) groups excluding carboxylic acids is 2. The molecular weight excluding hydrogens is 402 g/mol. The van der Waals surface area contributed by atoms with Crippen LogP contribution in [0.2, 0.25) is 0 Å². The Morgan fingerprint density at radius 1 is 0.933 bits per heavy atom. The Morgan fingerprint density at radius 3 is 2.17 bits per heavy atom. The molecule has 0 saturated carbocycles. The van der Waals surface area contributed by atoms with Gasteiger partial charge in [-0.2, -0.15) is 4.31 Å². The van der Waals surface area contributed by atoms with Crippen molar-refractivity contribution >= 4 is 33.2 Å². The lowest BCUT2D eigenvalue weighted by Gasteiger charge is -2.34. The van der Waals surface area contributed by atoms with E-state index >= 15 is 0 Å². The average Bonchev–Trinajstić information content (AvgIpc) is 2.67. The molecule has 0 spiro atoms. The van der Waals surface area contributed by atoms with E-state index in [2.05, 4.69) is 24.5 Å². The van der Waals surface area contributed by atoms with E-state index in [1.54, 1.807) is 40.7 Å². The topological polar surface area (TPSA) is 95.6 Å². The molecule has 2 atom stereocenters. The minimum Gasteiger partial charge on any atom is -0.326 e. The molecule has 3 rings (SSSR count). The summed E-state index contributed by atoms with van der Waals surface area (Å²) < 4.78 is 27.5. The van der Waals surface area contributed by atoms with Crippen molar-refractivity contribution < 1.29 is 18.0 Å². The standard InChI is InChI=1S/C22H27N3O4S/c1-15-11-16(2)14-25(13-15)30(28,29)21-9-7-19(8-10-21)24-22(27)18-5-4-6-20(12-18)23-17(3)26/h4-10,12,15-16H,11,13-14H2,1-3H3,(H,23,26)(H,24,27)/t15-,16+. The van der Waals surface area contributed by atoms with Crippen LogP contribution in [-0.2, 0) is 14.8 Å². The van der Waals surface area contributed by atoms with E-state index in [-0.39, 0.29) is 16.7 Å². The van der Waals surface area contributed by atoms with Crippen LogP contribution in [0.3, 0.4) is 0 Å². The van der Waals surface area contributed by atoms with Crippen molar-refractivity contribution in [2.75, 3.05) is 23.7 Å². The molecule has 2 amide bonds. The van der Waals surface area contributed by atoms with Gasteiger partial charge in [-0.05, 0) is 60.7 Å². The SMILES string of the molecule is CC(=O)Nc1cccc(C(=O)Nc2ccc(S(=O)(=O)N3C[C@H](C)C[C@H](C)C3)cc2)c1. The lowest BCUT2D eigenvalue weighted by Crippen LogP contribution is -2.42. The normalized spacial score (nSPS) is 19.8. The third-order valence-corrected chi connectivity index (χ3v) is 6.88. The number of nitrogens with one attached hydrogen (secondary N) is 2. The summed E-state index contributed by atoms with van der Waals surface area (Å²) in [5, 5.41) is 5.39. The number of sulfonamides is 1. The van der Waals surface area contributed by atoms with Gasteiger partial charge < -0.3 is 10.6 Å². The maximum absolute atomic E-state index is 13.0. The molecule has 1 heterocycles. The number of hydrogen-bond donors (Lipinski definition) is 2. The van der Waals surface area contributed by atoms with Gasteiger partial charge in [0.05, 0.1) is 4.90 Å². The number of amides is 2. The van der Waals surface area contributed by atoms with Gasteiger partial charge >= 0.3 is 0 Å². The molecule has 2 aromatic carbocycles. The van der Waals surface area contributed by atoms with Crippen LogP contribution in [0.15, 0.2) is 53.4 Å². The lowest BCUT2D eigenvalue weighted by molar-refractivity contribution is -0.114. The maximum atomic E-state index is 13.0. The molecule has 160 valence electrons. The highest BCUT2D eigenvalue weighted by Gasteiger charge is 2.31. The molecule has 0 bridgehead atoms. The Balaban J connectivity index is 1.71. The third-order valence-electron chi connectivity index (χ3n) is 5.03. The zero-order chi connectivity index (χ0) is 21.9. The number of carbonyl (C=O) groups is 2. The van der Waals surface area contributed by atoms with E-state index in [9.17, 15) is 18.0 Å². The summed E-state index contributed by atoms with van der Waals surface area (Å²) in [6.45, 7) is 6.58. The first kappa shape index (κ1) is 22.0. The van der Waals surface area contributed by atoms with Crippen molar-refractivity contribution in [2.24, 2.45) is 11.8 Å². The summed E-state index contributed by atoms with van der Waals surface area (Å²) in [7, 11) is -3.56. The molecule has 8 heteroatoms. The quantitative estimate of drug-likeness (QED) is 0.760. The number of benzene rings is 2. The van der Waals surface area contributed by atoms with Crippen molar-refractivity contribution in [1.82, 2.24) is 4.31 Å². The van der Waals surface area contributed by atoms with Gasteiger partial charge in [0.25, 0.3) is 5.91 Å². The molecule has 0 aliphatic carbocycles. The first-order valence-corrected chi connectivity index (χ1v) is 11.4. The van der Waals surface area contributed by atoms with E-state index in [1.807, 2.05) is 0 Å². The largest absolute Gasteiger partial charge is 0.326 e. The van der Waals surface area contributed by atoms with Crippen LogP contribution in [0.1, 0.15) is 37.6 Å². The lowest BCUT2D eigenvalue weighted by atomic mass is 9.94. The van der Waals surface area contributed by atoms with Gasteiger partial charge in [0.1, 0.15) is 0 Å². The van der Waals surface area contributed by atoms with Crippen LogP contribution < -0.4 is 10.6 Å². The molecular formula is C22H27N3O4S. The predicted molar refractivity (Wildman–Crippen MR) is 117 cm³/mol. The highest BCUT2D eigenvalue weighted by Crippen LogP contribution is 2.27. The van der Waals surface area contributed by atoms with Crippen LogP contribution in [0.5, 0.6) is 0 Å². The van der Waals surface area contributed by atoms with E-state index in [0.717, 1.165) is 6.42 Å². The highest BCUT2D eigenvalue weighted by atomic mass is 32.2. The van der Waals surface area contributed by atoms with Crippen LogP contribution >= 0.6 is 0 Å². The molecule has 0 radical (unpaired) electrons. The fourth-order valence-electron chi connectivity index (χ4n) is 3.81. The van der Waals surface area contributed by atoms with Gasteiger partial charge in [-0.3, -0.25) is 9.59 Å². The second-order valence-corrected chi connectivity index (χ2v) is 9.95. The zero-order valence-electron chi connectivity index (χ0n) is 17.4. The molecule has 7 nitrogen and oxygen atoms in total. The number of nitrogens with zero attached hydrogens (tertiary/aromatic N) is 1. The summed E-state index contributed by atoms with van der Waals surface area (Å²) in [6, 6.07) is 12.8. The fourth-order valence-corrected chi connectivity index (χ4v) is 5.49. The molecule has 0 unspecified atom stereocenters. The van der Waals surface area contributed by atoms with Crippen molar-refractivity contribution in [2.45, 2.75) is 32.1 Å². The number of hydrogen-bond acceptors (Lipinski definition) is 4. The minimum absolute atomic E-state index is 0.217. The molecule has 0 aromatic heterocycles. The first-order chi connectivity index (χ1) is 14.1. The van der Waals surface area contributed by atoms with Crippen molar-refractivity contribution in [3.05, 3.63) is 54.1 Å². The Hall–Kier alpha value is -2.71. The van der Waals surface area contributed by atoms with Gasteiger partial charge in [-0.15, -0.1) is 0 Å². The predicted octanol–water partition coefficient (Wildman–Crippen LogP) is 3.56. The van der Waals surface area contributed by atoms with Gasteiger partial charge in [0.15, 0.2) is 0 Å². The summed E-state index contributed by atoms with van der Waals surface area (Å²) in [5.74, 6) is 0.0871. The third kappa shape index (κ3) is 5.25. The Labute approximate surface area is 177 Å². The number of rotatable bonds is 5. The van der Waals surface area contributed by atoms with Crippen molar-refractivity contribution in [1.29, 1.82) is 0 Å². The smallest absolute Gasteiger partial charge is 0.255 e. The van der Waals surface area contributed by atoms with Crippen LogP contribution in [0.25, 0.3) is 0 Å². The van der Waals surface area contributed by atoms with Gasteiger partial charge in [-0.25, -0.2) is 8.42 Å². The first-order valence-electron chi connectivity index (χ1n) is 9.94. The molecule has 2 N–H and O–H groups in total. The van der Waals surface area contributed by atoms with Crippen LogP contribution in [0, 0.1) is 11.8 Å². The van der Waals surface area contributed by atoms with E-state index in [1.165, 1.54) is 19.1 Å². The van der Waals surface area contributed by atoms with Crippen LogP contribution in [-0.4, -0.2) is 37.6 Å². The number of anilines is 2. The Bertz CT molecular complexity index is 1020. The molecule has 1 fully saturated rings. The van der Waals surface area contributed by atoms with Gasteiger partial charge in [0.2, 0.25) is 15.9 Å². The number of piperidine rings is 1. The van der Waals surface area contributed by atoms with E-state index in [0.29, 0.717) is 41.9 Å². The summed E-state index contributed by atoms with van der Waals surface area (Å²) in [5.41, 5.74) is 1.40. The Morgan fingerprint density at radius 2 is 1.57 bits per heavy atom. The molecule has 1 aliphatic rings. The van der Waals surface area contributed by atoms with Gasteiger partial charge in [0, 0.05) is 37.0 Å². The van der Waals surface area contributed by atoms with Crippen molar-refractivity contribution in [3.8, 4) is 0 Å². The summed E-state index contributed by atoms with van der Waals surface area (Å²) >= 11 is 0. The van der Waals surface area contributed by atoms with E-state index in [4.69, 9.17) is 0 Å². The fraction of sp³-hybridized carbons (Fsp3) is 0.364. The highest BCUT2D eigenvalue weighted by molar-refractivity contribution is 7.89. The Kier molecular flexibility index (Phi) is 6.58. The summed E-state index contributed by atoms with van der Waals surface area (Å²) in [6.07, 6.45) is 1.03. The maximum Gasteiger partial charge on any atom is 0.255 e. The average molecular weight is 430 g/mol. The van der Waals surface area contributed by atoms with Gasteiger partial charge in [-0.1, -0.05) is 19.9 Å². The second-order valence-electron chi connectivity index (χ2n) is 8.01. The molecule has 2 aromatic rings. The molecule has 30 heavy (non-hydrogen) atoms. The van der Waals surface area contributed by atoms with E-state index < -0.39 is 10.0 Å². The van der Waals surface area contributed by atoms with Crippen LogP contribution in [0.4, 0.5) is 11.4 Å². The zero-order valence-corrected chi connectivity index (χ0v) is 18.2. The minimum atomic E-state index is -3.56. The monoisotopic (exact) mass is 429 g/mol. The molecule has 1 saturated heterocycles.